The minimum absolute atomic E-state index is 0.134. The van der Waals surface area contributed by atoms with Gasteiger partial charge in [-0.05, 0) is 53.4 Å². The number of carbonyl (C=O) groups is 3. The lowest BCUT2D eigenvalue weighted by Gasteiger charge is -2.28. The van der Waals surface area contributed by atoms with Crippen LogP contribution in [0.15, 0.2) is 34.6 Å². The van der Waals surface area contributed by atoms with E-state index in [1.807, 2.05) is 47.6 Å². The van der Waals surface area contributed by atoms with Crippen molar-refractivity contribution in [1.82, 2.24) is 0 Å². The van der Waals surface area contributed by atoms with Crippen LogP contribution in [0.4, 0.5) is 0 Å². The van der Waals surface area contributed by atoms with Gasteiger partial charge in [0.05, 0.1) is 11.0 Å². The van der Waals surface area contributed by atoms with E-state index in [0.717, 1.165) is 11.1 Å². The van der Waals surface area contributed by atoms with Crippen LogP contribution in [0.5, 0.6) is 0 Å². The molecule has 1 N–H and O–H groups in total. The number of rotatable bonds is 9. The number of carbonyl (C=O) groups excluding carboxylic acids is 3. The van der Waals surface area contributed by atoms with Crippen LogP contribution >= 0.6 is 0 Å². The second-order valence-electron chi connectivity index (χ2n) is 8.62. The van der Waals surface area contributed by atoms with Gasteiger partial charge < -0.3 is 5.11 Å². The second-order valence-corrected chi connectivity index (χ2v) is 8.62. The van der Waals surface area contributed by atoms with Crippen LogP contribution in [0.1, 0.15) is 74.1 Å². The molecule has 0 spiro atoms. The minimum Gasteiger partial charge on any atom is -0.510 e. The monoisotopic (exact) mass is 374 g/mol. The number of Topliss-reactive ketones (excluding diaryl/α,β-unsaturated/α-hetero) is 3. The molecular weight excluding hydrogens is 340 g/mol. The number of hydrogen-bond acceptors (Lipinski definition) is 4. The van der Waals surface area contributed by atoms with Crippen LogP contribution in [0.25, 0.3) is 0 Å². The summed E-state index contributed by atoms with van der Waals surface area (Å²) in [5.74, 6) is -1.73. The van der Waals surface area contributed by atoms with Gasteiger partial charge in [0.25, 0.3) is 0 Å². The average molecular weight is 375 g/mol. The van der Waals surface area contributed by atoms with Crippen molar-refractivity contribution >= 4 is 17.3 Å². The third-order valence-corrected chi connectivity index (χ3v) is 5.25. The molecule has 0 aromatic rings. The highest BCUT2D eigenvalue weighted by atomic mass is 16.3. The molecule has 0 saturated heterocycles. The summed E-state index contributed by atoms with van der Waals surface area (Å²) in [6, 6.07) is 0. The lowest BCUT2D eigenvalue weighted by molar-refractivity contribution is -0.133. The number of allylic oxidation sites excluding steroid dienone is 6. The fourth-order valence-electron chi connectivity index (χ4n) is 3.32. The molecular formula is C23H34O4. The van der Waals surface area contributed by atoms with E-state index >= 15 is 0 Å². The largest absolute Gasteiger partial charge is 0.510 e. The van der Waals surface area contributed by atoms with E-state index in [2.05, 4.69) is 0 Å². The highest BCUT2D eigenvalue weighted by molar-refractivity contribution is 6.25. The average Bonchev–Trinajstić information content (AvgIpc) is 2.75. The lowest BCUT2D eigenvalue weighted by Crippen LogP contribution is -2.36. The van der Waals surface area contributed by atoms with Crippen molar-refractivity contribution in [2.24, 2.45) is 17.3 Å². The molecule has 0 aliphatic heterocycles. The van der Waals surface area contributed by atoms with Gasteiger partial charge in [-0.1, -0.05) is 37.1 Å². The Morgan fingerprint density at radius 3 is 2.15 bits per heavy atom. The second kappa shape index (κ2) is 9.29. The number of aliphatic hydroxyl groups is 1. The van der Waals surface area contributed by atoms with Gasteiger partial charge in [-0.3, -0.25) is 14.4 Å². The minimum atomic E-state index is -1.35. The molecule has 2 atom stereocenters. The summed E-state index contributed by atoms with van der Waals surface area (Å²) in [7, 11) is 0. The zero-order valence-electron chi connectivity index (χ0n) is 17.8. The molecule has 1 unspecified atom stereocenters. The van der Waals surface area contributed by atoms with E-state index in [0.29, 0.717) is 18.8 Å². The van der Waals surface area contributed by atoms with Crippen LogP contribution in [0.3, 0.4) is 0 Å². The molecule has 0 bridgehead atoms. The molecule has 0 aromatic carbocycles. The van der Waals surface area contributed by atoms with E-state index in [4.69, 9.17) is 0 Å². The van der Waals surface area contributed by atoms with Crippen molar-refractivity contribution in [3.8, 4) is 0 Å². The van der Waals surface area contributed by atoms with Crippen LogP contribution in [0, 0.1) is 17.3 Å². The molecule has 0 saturated carbocycles. The van der Waals surface area contributed by atoms with Gasteiger partial charge in [-0.2, -0.15) is 0 Å². The van der Waals surface area contributed by atoms with Crippen molar-refractivity contribution in [2.75, 3.05) is 0 Å². The first kappa shape index (κ1) is 23.1. The zero-order valence-corrected chi connectivity index (χ0v) is 17.8. The zero-order chi connectivity index (χ0) is 20.9. The van der Waals surface area contributed by atoms with Gasteiger partial charge in [-0.25, -0.2) is 0 Å². The Morgan fingerprint density at radius 2 is 1.67 bits per heavy atom. The van der Waals surface area contributed by atoms with Gasteiger partial charge in [0.2, 0.25) is 0 Å². The maximum absolute atomic E-state index is 13.0. The third-order valence-electron chi connectivity index (χ3n) is 5.25. The van der Waals surface area contributed by atoms with Gasteiger partial charge in [0.1, 0.15) is 5.76 Å². The van der Waals surface area contributed by atoms with Gasteiger partial charge in [-0.15, -0.1) is 0 Å². The summed E-state index contributed by atoms with van der Waals surface area (Å²) in [6.07, 6.45) is 5.00. The third kappa shape index (κ3) is 5.27. The van der Waals surface area contributed by atoms with Crippen LogP contribution < -0.4 is 0 Å². The fraction of sp³-hybridized carbons (Fsp3) is 0.609. The van der Waals surface area contributed by atoms with Crippen molar-refractivity contribution in [3.63, 3.8) is 0 Å². The summed E-state index contributed by atoms with van der Waals surface area (Å²) < 4.78 is 0. The molecule has 27 heavy (non-hydrogen) atoms. The quantitative estimate of drug-likeness (QED) is 0.439. The van der Waals surface area contributed by atoms with E-state index in [1.165, 1.54) is 0 Å². The fourth-order valence-corrected chi connectivity index (χ4v) is 3.32. The molecule has 1 rings (SSSR count). The molecule has 0 fully saturated rings. The predicted octanol–water partition coefficient (Wildman–Crippen LogP) is 5.29. The van der Waals surface area contributed by atoms with Gasteiger partial charge >= 0.3 is 0 Å². The summed E-state index contributed by atoms with van der Waals surface area (Å²) in [4.78, 5) is 38.7. The molecule has 4 nitrogen and oxygen atoms in total. The molecule has 1 aliphatic carbocycles. The van der Waals surface area contributed by atoms with Crippen molar-refractivity contribution in [1.29, 1.82) is 0 Å². The Balaban J connectivity index is 3.35. The lowest BCUT2D eigenvalue weighted by atomic mass is 9.72. The summed E-state index contributed by atoms with van der Waals surface area (Å²) in [5.41, 5.74) is 0.517. The predicted molar refractivity (Wildman–Crippen MR) is 108 cm³/mol. The topological polar surface area (TPSA) is 71.4 Å². The molecule has 4 heteroatoms. The summed E-state index contributed by atoms with van der Waals surface area (Å²) >= 11 is 0. The van der Waals surface area contributed by atoms with Gasteiger partial charge in [0, 0.05) is 18.8 Å². The number of ketones is 3. The van der Waals surface area contributed by atoms with Crippen LogP contribution in [0.2, 0.25) is 0 Å². The van der Waals surface area contributed by atoms with Crippen molar-refractivity contribution < 1.29 is 19.5 Å². The normalized spacial score (nSPS) is 22.2. The maximum atomic E-state index is 13.0. The highest BCUT2D eigenvalue weighted by Gasteiger charge is 2.55. The van der Waals surface area contributed by atoms with E-state index < -0.39 is 17.1 Å². The maximum Gasteiger partial charge on any atom is 0.174 e. The first-order valence-corrected chi connectivity index (χ1v) is 9.74. The molecule has 0 aromatic heterocycles. The van der Waals surface area contributed by atoms with E-state index in [9.17, 15) is 19.5 Å². The summed E-state index contributed by atoms with van der Waals surface area (Å²) in [5, 5.41) is 10.9. The van der Waals surface area contributed by atoms with Crippen LogP contribution in [-0.2, 0) is 14.4 Å². The SMILES string of the molecule is CC(C)=CCC(=O)C1(C)C(O)=C(C(=O)CCC(C)C)C(=O)[C@H]1CC=C(C)C. The van der Waals surface area contributed by atoms with Crippen LogP contribution in [-0.4, -0.2) is 22.5 Å². The Morgan fingerprint density at radius 1 is 1.11 bits per heavy atom. The number of hydrogen-bond donors (Lipinski definition) is 1. The molecule has 1 aliphatic rings. The standard InChI is InChI=1S/C23H34O4/c1-14(2)8-11-17-21(26)20(18(24)12-9-15(3)4)22(27)23(17,7)19(25)13-10-16(5)6/h8,10,15,17,27H,9,11-13H2,1-7H3/t17-,23?/m1/s1. The first-order chi connectivity index (χ1) is 12.4. The van der Waals surface area contributed by atoms with Gasteiger partial charge in [0.15, 0.2) is 17.3 Å². The van der Waals surface area contributed by atoms with E-state index in [-0.39, 0.29) is 35.7 Å². The smallest absolute Gasteiger partial charge is 0.174 e. The highest BCUT2D eigenvalue weighted by Crippen LogP contribution is 2.48. The first-order valence-electron chi connectivity index (χ1n) is 9.74. The Kier molecular flexibility index (Phi) is 7.94. The molecule has 0 radical (unpaired) electrons. The van der Waals surface area contributed by atoms with Crippen molar-refractivity contribution in [2.45, 2.75) is 74.1 Å². The Bertz CT molecular complexity index is 698. The summed E-state index contributed by atoms with van der Waals surface area (Å²) in [6.45, 7) is 13.2. The van der Waals surface area contributed by atoms with E-state index in [1.54, 1.807) is 13.0 Å². The molecule has 0 heterocycles. The Hall–Kier alpha value is -1.97. The van der Waals surface area contributed by atoms with Crippen molar-refractivity contribution in [3.05, 3.63) is 34.6 Å². The number of aliphatic hydroxyl groups excluding tert-OH is 1. The molecule has 150 valence electrons. The Labute approximate surface area is 163 Å². The molecule has 0 amide bonds.